The van der Waals surface area contributed by atoms with Gasteiger partial charge in [-0.05, 0) is 69.4 Å². The molecule has 126 valence electrons. The summed E-state index contributed by atoms with van der Waals surface area (Å²) in [7, 11) is 0. The van der Waals surface area contributed by atoms with Gasteiger partial charge < -0.3 is 9.47 Å². The van der Waals surface area contributed by atoms with Gasteiger partial charge in [0, 0.05) is 0 Å². The van der Waals surface area contributed by atoms with Gasteiger partial charge in [-0.25, -0.2) is 0 Å². The lowest BCUT2D eigenvalue weighted by molar-refractivity contribution is 0.139. The molecule has 3 rings (SSSR count). The molecule has 2 nitrogen and oxygen atoms in total. The Hall–Kier alpha value is -1.58. The van der Waals surface area contributed by atoms with Crippen molar-refractivity contribution in [2.45, 2.75) is 51.6 Å². The molecule has 0 heterocycles. The van der Waals surface area contributed by atoms with E-state index in [-0.39, 0.29) is 17.6 Å². The van der Waals surface area contributed by atoms with Crippen molar-refractivity contribution in [1.29, 1.82) is 0 Å². The molecule has 0 unspecified atom stereocenters. The molecule has 0 N–H and O–H groups in total. The summed E-state index contributed by atoms with van der Waals surface area (Å²) in [5.74, 6) is -0.862. The third-order valence-electron chi connectivity index (χ3n) is 4.82. The van der Waals surface area contributed by atoms with Crippen LogP contribution in [-0.2, 0) is 0 Å². The van der Waals surface area contributed by atoms with Crippen LogP contribution in [-0.4, -0.2) is 12.7 Å². The van der Waals surface area contributed by atoms with Gasteiger partial charge in [-0.2, -0.15) is 8.78 Å². The quantitative estimate of drug-likeness (QED) is 0.664. The summed E-state index contributed by atoms with van der Waals surface area (Å²) < 4.78 is 39.3. The number of halogens is 2. The van der Waals surface area contributed by atoms with Crippen LogP contribution in [0.5, 0.6) is 11.5 Å². The van der Waals surface area contributed by atoms with Crippen LogP contribution in [0.4, 0.5) is 8.78 Å². The highest BCUT2D eigenvalue weighted by Gasteiger charge is 2.28. The number of allylic oxidation sites excluding steroid dienone is 2. The molecule has 0 radical (unpaired) electrons. The van der Waals surface area contributed by atoms with Crippen LogP contribution < -0.4 is 9.47 Å². The molecule has 0 bridgehead atoms. The minimum absolute atomic E-state index is 0.00135. The van der Waals surface area contributed by atoms with Crippen molar-refractivity contribution in [1.82, 2.24) is 0 Å². The Morgan fingerprint density at radius 1 is 1.09 bits per heavy atom. The maximum Gasteiger partial charge on any atom is 0.204 e. The SMILES string of the molecule is C/C=C/C1CC(COc2ccc(OC3CCCC3)c(F)c2F)C1. The van der Waals surface area contributed by atoms with E-state index in [1.807, 2.05) is 6.92 Å². The molecule has 0 spiro atoms. The third-order valence-corrected chi connectivity index (χ3v) is 4.82. The lowest BCUT2D eigenvalue weighted by Crippen LogP contribution is -2.27. The highest BCUT2D eigenvalue weighted by atomic mass is 19.2. The van der Waals surface area contributed by atoms with E-state index in [4.69, 9.17) is 9.47 Å². The van der Waals surface area contributed by atoms with Gasteiger partial charge in [-0.1, -0.05) is 12.2 Å². The average Bonchev–Trinajstić information content (AvgIpc) is 3.01. The predicted octanol–water partition coefficient (Wildman–Crippen LogP) is 5.27. The summed E-state index contributed by atoms with van der Waals surface area (Å²) in [6.07, 6.45) is 10.4. The lowest BCUT2D eigenvalue weighted by atomic mass is 9.75. The second kappa shape index (κ2) is 7.33. The largest absolute Gasteiger partial charge is 0.490 e. The zero-order valence-corrected chi connectivity index (χ0v) is 13.6. The van der Waals surface area contributed by atoms with E-state index >= 15 is 0 Å². The molecule has 2 fully saturated rings. The van der Waals surface area contributed by atoms with Crippen LogP contribution in [0, 0.1) is 23.5 Å². The van der Waals surface area contributed by atoms with Crippen LogP contribution in [0.1, 0.15) is 45.4 Å². The van der Waals surface area contributed by atoms with Gasteiger partial charge >= 0.3 is 0 Å². The number of rotatable bonds is 6. The molecule has 0 amide bonds. The molecule has 0 aliphatic heterocycles. The number of benzene rings is 1. The highest BCUT2D eigenvalue weighted by molar-refractivity contribution is 5.35. The average molecular weight is 322 g/mol. The summed E-state index contributed by atoms with van der Waals surface area (Å²) in [4.78, 5) is 0. The monoisotopic (exact) mass is 322 g/mol. The number of ether oxygens (including phenoxy) is 2. The molecule has 4 heteroatoms. The van der Waals surface area contributed by atoms with Gasteiger partial charge in [0.05, 0.1) is 12.7 Å². The minimum atomic E-state index is -0.940. The molecule has 1 aromatic carbocycles. The summed E-state index contributed by atoms with van der Waals surface area (Å²) in [6.45, 7) is 2.45. The van der Waals surface area contributed by atoms with Crippen LogP contribution in [0.2, 0.25) is 0 Å². The maximum absolute atomic E-state index is 14.1. The Bertz CT molecular complexity index is 559. The molecule has 23 heavy (non-hydrogen) atoms. The van der Waals surface area contributed by atoms with E-state index in [1.165, 1.54) is 12.1 Å². The Morgan fingerprint density at radius 2 is 1.74 bits per heavy atom. The molecule has 1 aromatic rings. The van der Waals surface area contributed by atoms with Gasteiger partial charge in [0.25, 0.3) is 0 Å². The summed E-state index contributed by atoms with van der Waals surface area (Å²) in [5, 5.41) is 0. The second-order valence-corrected chi connectivity index (χ2v) is 6.65. The fourth-order valence-electron chi connectivity index (χ4n) is 3.46. The Labute approximate surface area is 136 Å². The molecule has 2 aliphatic rings. The zero-order valence-electron chi connectivity index (χ0n) is 13.6. The molecular weight excluding hydrogens is 298 g/mol. The van der Waals surface area contributed by atoms with Crippen molar-refractivity contribution in [2.24, 2.45) is 11.8 Å². The lowest BCUT2D eigenvalue weighted by Gasteiger charge is -2.33. The maximum atomic E-state index is 14.1. The van der Waals surface area contributed by atoms with E-state index in [1.54, 1.807) is 0 Å². The number of hydrogen-bond acceptors (Lipinski definition) is 2. The molecule has 2 aliphatic carbocycles. The standard InChI is InChI=1S/C19H24F2O2/c1-2-5-13-10-14(11-13)12-22-16-8-9-17(19(21)18(16)20)23-15-6-3-4-7-15/h2,5,8-9,13-15H,3-4,6-7,10-12H2,1H3/b5-2+. The molecule has 0 saturated heterocycles. The van der Waals surface area contributed by atoms with Crippen molar-refractivity contribution in [2.75, 3.05) is 6.61 Å². The van der Waals surface area contributed by atoms with Crippen molar-refractivity contribution in [3.05, 3.63) is 35.9 Å². The zero-order chi connectivity index (χ0) is 16.2. The van der Waals surface area contributed by atoms with Crippen LogP contribution in [0.3, 0.4) is 0 Å². The Balaban J connectivity index is 1.55. The highest BCUT2D eigenvalue weighted by Crippen LogP contribution is 2.36. The second-order valence-electron chi connectivity index (χ2n) is 6.65. The van der Waals surface area contributed by atoms with E-state index in [9.17, 15) is 8.78 Å². The van der Waals surface area contributed by atoms with Crippen molar-refractivity contribution in [3.63, 3.8) is 0 Å². The van der Waals surface area contributed by atoms with Crippen molar-refractivity contribution < 1.29 is 18.3 Å². The van der Waals surface area contributed by atoms with Crippen molar-refractivity contribution >= 4 is 0 Å². The topological polar surface area (TPSA) is 18.5 Å². The molecular formula is C19H24F2O2. The van der Waals surface area contributed by atoms with E-state index < -0.39 is 11.6 Å². The van der Waals surface area contributed by atoms with Gasteiger partial charge in [-0.15, -0.1) is 0 Å². The first-order valence-electron chi connectivity index (χ1n) is 8.57. The fourth-order valence-corrected chi connectivity index (χ4v) is 3.46. The smallest absolute Gasteiger partial charge is 0.204 e. The van der Waals surface area contributed by atoms with Crippen LogP contribution in [0.15, 0.2) is 24.3 Å². The first-order chi connectivity index (χ1) is 11.2. The van der Waals surface area contributed by atoms with Crippen molar-refractivity contribution in [3.8, 4) is 11.5 Å². The Morgan fingerprint density at radius 3 is 2.43 bits per heavy atom. The van der Waals surface area contributed by atoms with E-state index in [0.29, 0.717) is 18.4 Å². The molecule has 0 aromatic heterocycles. The van der Waals surface area contributed by atoms with Gasteiger partial charge in [0.2, 0.25) is 11.6 Å². The normalized spacial score (nSPS) is 24.8. The minimum Gasteiger partial charge on any atom is -0.490 e. The first-order valence-corrected chi connectivity index (χ1v) is 8.57. The Kier molecular flexibility index (Phi) is 5.19. The first kappa shape index (κ1) is 16.3. The molecule has 0 atom stereocenters. The summed E-state index contributed by atoms with van der Waals surface area (Å²) in [5.41, 5.74) is 0. The number of hydrogen-bond donors (Lipinski definition) is 0. The molecule has 2 saturated carbocycles. The van der Waals surface area contributed by atoms with Gasteiger partial charge in [0.1, 0.15) is 0 Å². The van der Waals surface area contributed by atoms with Crippen LogP contribution in [0.25, 0.3) is 0 Å². The van der Waals surface area contributed by atoms with Crippen LogP contribution >= 0.6 is 0 Å². The van der Waals surface area contributed by atoms with E-state index in [2.05, 4.69) is 12.2 Å². The van der Waals surface area contributed by atoms with Gasteiger partial charge in [-0.3, -0.25) is 0 Å². The third kappa shape index (κ3) is 3.85. The van der Waals surface area contributed by atoms with Gasteiger partial charge in [0.15, 0.2) is 11.5 Å². The van der Waals surface area contributed by atoms with E-state index in [0.717, 1.165) is 38.5 Å². The summed E-state index contributed by atoms with van der Waals surface area (Å²) >= 11 is 0. The predicted molar refractivity (Wildman–Crippen MR) is 85.8 cm³/mol. The fraction of sp³-hybridized carbons (Fsp3) is 0.579. The summed E-state index contributed by atoms with van der Waals surface area (Å²) in [6, 6.07) is 2.96.